The molecule has 1 aliphatic heterocycles. The van der Waals surface area contributed by atoms with Crippen molar-refractivity contribution in [3.05, 3.63) is 89.1 Å². The number of aromatic nitrogens is 1. The van der Waals surface area contributed by atoms with Crippen molar-refractivity contribution in [2.75, 3.05) is 7.05 Å². The smallest absolute Gasteiger partial charge is 0.335 e. The third-order valence-electron chi connectivity index (χ3n) is 4.42. The van der Waals surface area contributed by atoms with Crippen LogP contribution >= 0.6 is 11.8 Å². The van der Waals surface area contributed by atoms with Gasteiger partial charge in [-0.05, 0) is 60.3 Å². The Morgan fingerprint density at radius 2 is 1.86 bits per heavy atom. The molecule has 3 aromatic rings. The second-order valence-corrected chi connectivity index (χ2v) is 7.37. The summed E-state index contributed by atoms with van der Waals surface area (Å²) in [6.45, 7) is 0. The summed E-state index contributed by atoms with van der Waals surface area (Å²) in [4.78, 5) is 30.6. The SMILES string of the molecule is CN1C(=O)/C(=C/c2cccn2-c2cccc(C(=O)O)c2)SC1=Nc1ccccc1. The fourth-order valence-electron chi connectivity index (χ4n) is 2.93. The topological polar surface area (TPSA) is 74.9 Å². The zero-order valence-electron chi connectivity index (χ0n) is 15.5. The maximum Gasteiger partial charge on any atom is 0.335 e. The number of carboxylic acid groups (broad SMARTS) is 1. The van der Waals surface area contributed by atoms with E-state index in [0.29, 0.717) is 15.8 Å². The lowest BCUT2D eigenvalue weighted by Crippen LogP contribution is -2.23. The molecule has 0 radical (unpaired) electrons. The number of carbonyl (C=O) groups excluding carboxylic acids is 1. The lowest BCUT2D eigenvalue weighted by atomic mass is 10.2. The minimum atomic E-state index is -0.983. The van der Waals surface area contributed by atoms with E-state index in [1.165, 1.54) is 16.7 Å². The number of amidine groups is 1. The molecular formula is C22H17N3O3S. The average molecular weight is 403 g/mol. The summed E-state index contributed by atoms with van der Waals surface area (Å²) < 4.78 is 1.85. The van der Waals surface area contributed by atoms with Gasteiger partial charge in [0.05, 0.1) is 16.2 Å². The fraction of sp³-hybridized carbons (Fsp3) is 0.0455. The maximum absolute atomic E-state index is 12.7. The number of benzene rings is 2. The van der Waals surface area contributed by atoms with Gasteiger partial charge in [0.25, 0.3) is 5.91 Å². The first-order chi connectivity index (χ1) is 14.0. The van der Waals surface area contributed by atoms with Gasteiger partial charge in [-0.25, -0.2) is 9.79 Å². The molecule has 0 unspecified atom stereocenters. The molecule has 1 saturated heterocycles. The first-order valence-corrected chi connectivity index (χ1v) is 9.67. The maximum atomic E-state index is 12.7. The lowest BCUT2D eigenvalue weighted by molar-refractivity contribution is -0.121. The predicted molar refractivity (Wildman–Crippen MR) is 115 cm³/mol. The number of rotatable bonds is 4. The second-order valence-electron chi connectivity index (χ2n) is 6.36. The highest BCUT2D eigenvalue weighted by atomic mass is 32.2. The third kappa shape index (κ3) is 3.86. The van der Waals surface area contributed by atoms with E-state index in [4.69, 9.17) is 0 Å². The van der Waals surface area contributed by atoms with Crippen LogP contribution in [0.3, 0.4) is 0 Å². The van der Waals surface area contributed by atoms with Gasteiger partial charge in [-0.15, -0.1) is 0 Å². The normalized spacial score (nSPS) is 16.7. The van der Waals surface area contributed by atoms with Gasteiger partial charge in [-0.3, -0.25) is 9.69 Å². The monoisotopic (exact) mass is 403 g/mol. The first kappa shape index (κ1) is 18.8. The number of hydrogen-bond donors (Lipinski definition) is 1. The van der Waals surface area contributed by atoms with E-state index in [-0.39, 0.29) is 11.5 Å². The van der Waals surface area contributed by atoms with E-state index in [9.17, 15) is 14.7 Å². The van der Waals surface area contributed by atoms with Gasteiger partial charge in [0, 0.05) is 24.6 Å². The molecule has 0 saturated carbocycles. The summed E-state index contributed by atoms with van der Waals surface area (Å²) in [6, 6.07) is 19.9. The number of para-hydroxylation sites is 1. The van der Waals surface area contributed by atoms with Crippen LogP contribution in [0.4, 0.5) is 5.69 Å². The molecule has 4 rings (SSSR count). The Morgan fingerprint density at radius 3 is 2.62 bits per heavy atom. The Labute approximate surface area is 171 Å². The van der Waals surface area contributed by atoms with E-state index < -0.39 is 5.97 Å². The molecule has 1 N–H and O–H groups in total. The number of aliphatic imine (C=N–C) groups is 1. The molecule has 2 heterocycles. The van der Waals surface area contributed by atoms with Crippen molar-refractivity contribution < 1.29 is 14.7 Å². The molecular weight excluding hydrogens is 386 g/mol. The molecule has 7 heteroatoms. The summed E-state index contributed by atoms with van der Waals surface area (Å²) in [6.07, 6.45) is 3.63. The van der Waals surface area contributed by atoms with Crippen LogP contribution in [0.2, 0.25) is 0 Å². The molecule has 6 nitrogen and oxygen atoms in total. The third-order valence-corrected chi connectivity index (χ3v) is 5.48. The second kappa shape index (κ2) is 7.81. The Morgan fingerprint density at radius 1 is 1.07 bits per heavy atom. The molecule has 29 heavy (non-hydrogen) atoms. The Kier molecular flexibility index (Phi) is 5.05. The van der Waals surface area contributed by atoms with Gasteiger partial charge in [-0.1, -0.05) is 24.3 Å². The van der Waals surface area contributed by atoms with Crippen LogP contribution in [0.5, 0.6) is 0 Å². The summed E-state index contributed by atoms with van der Waals surface area (Å²) in [5.41, 5.74) is 2.48. The van der Waals surface area contributed by atoms with Crippen molar-refractivity contribution in [1.29, 1.82) is 0 Å². The van der Waals surface area contributed by atoms with E-state index in [1.807, 2.05) is 59.3 Å². The highest BCUT2D eigenvalue weighted by Crippen LogP contribution is 2.33. The van der Waals surface area contributed by atoms with Gasteiger partial charge in [0.2, 0.25) is 0 Å². The Hall–Kier alpha value is -3.58. The Balaban J connectivity index is 1.67. The summed E-state index contributed by atoms with van der Waals surface area (Å²) >= 11 is 1.31. The van der Waals surface area contributed by atoms with Gasteiger partial charge in [-0.2, -0.15) is 0 Å². The van der Waals surface area contributed by atoms with E-state index in [1.54, 1.807) is 31.3 Å². The van der Waals surface area contributed by atoms with Crippen LogP contribution < -0.4 is 0 Å². The molecule has 144 valence electrons. The average Bonchev–Trinajstić information content (AvgIpc) is 3.30. The molecule has 2 aromatic carbocycles. The van der Waals surface area contributed by atoms with Crippen LogP contribution in [0.25, 0.3) is 11.8 Å². The Bertz CT molecular complexity index is 1150. The molecule has 0 aliphatic carbocycles. The van der Waals surface area contributed by atoms with Gasteiger partial charge >= 0.3 is 5.97 Å². The van der Waals surface area contributed by atoms with Crippen LogP contribution in [-0.4, -0.2) is 38.7 Å². The standard InChI is InChI=1S/C22H17N3O3S/c1-24-20(26)19(29-22(24)23-16-8-3-2-4-9-16)14-18-11-6-12-25(18)17-10-5-7-15(13-17)21(27)28/h2-14H,1H3,(H,27,28)/b19-14-,23-22?. The van der Waals surface area contributed by atoms with Crippen LogP contribution in [0.15, 0.2) is 82.8 Å². The zero-order valence-corrected chi connectivity index (χ0v) is 16.3. The zero-order chi connectivity index (χ0) is 20.4. The summed E-state index contributed by atoms with van der Waals surface area (Å²) in [5, 5.41) is 9.84. The molecule has 1 fully saturated rings. The predicted octanol–water partition coefficient (Wildman–Crippen LogP) is 4.41. The van der Waals surface area contributed by atoms with Crippen molar-refractivity contribution in [3.8, 4) is 5.69 Å². The molecule has 0 bridgehead atoms. The van der Waals surface area contributed by atoms with Crippen molar-refractivity contribution in [2.45, 2.75) is 0 Å². The van der Waals surface area contributed by atoms with Gasteiger partial charge < -0.3 is 9.67 Å². The number of carbonyl (C=O) groups is 2. The van der Waals surface area contributed by atoms with Crippen molar-refractivity contribution in [3.63, 3.8) is 0 Å². The van der Waals surface area contributed by atoms with Gasteiger partial charge in [0.1, 0.15) is 0 Å². The van der Waals surface area contributed by atoms with Gasteiger partial charge in [0.15, 0.2) is 5.17 Å². The van der Waals surface area contributed by atoms with Crippen LogP contribution in [-0.2, 0) is 4.79 Å². The highest BCUT2D eigenvalue weighted by Gasteiger charge is 2.30. The van der Waals surface area contributed by atoms with E-state index >= 15 is 0 Å². The van der Waals surface area contributed by atoms with E-state index in [0.717, 1.165) is 11.4 Å². The van der Waals surface area contributed by atoms with Crippen LogP contribution in [0, 0.1) is 0 Å². The molecule has 1 aromatic heterocycles. The fourth-order valence-corrected chi connectivity index (χ4v) is 3.91. The number of nitrogens with zero attached hydrogens (tertiary/aromatic N) is 3. The van der Waals surface area contributed by atoms with Crippen molar-refractivity contribution >= 4 is 40.6 Å². The molecule has 1 amide bonds. The molecule has 0 atom stereocenters. The largest absolute Gasteiger partial charge is 0.478 e. The lowest BCUT2D eigenvalue weighted by Gasteiger charge is -2.08. The molecule has 0 spiro atoms. The number of thioether (sulfide) groups is 1. The van der Waals surface area contributed by atoms with Crippen molar-refractivity contribution in [1.82, 2.24) is 9.47 Å². The van der Waals surface area contributed by atoms with E-state index in [2.05, 4.69) is 4.99 Å². The number of amides is 1. The summed E-state index contributed by atoms with van der Waals surface area (Å²) in [7, 11) is 1.70. The van der Waals surface area contributed by atoms with Crippen molar-refractivity contribution in [2.24, 2.45) is 4.99 Å². The number of likely N-dealkylation sites (N-methyl/N-ethyl adjacent to an activating group) is 1. The number of hydrogen-bond acceptors (Lipinski definition) is 4. The summed E-state index contributed by atoms with van der Waals surface area (Å²) in [5.74, 6) is -1.11. The minimum absolute atomic E-state index is 0.128. The van der Waals surface area contributed by atoms with Crippen LogP contribution in [0.1, 0.15) is 16.1 Å². The number of aromatic carboxylic acids is 1. The quantitative estimate of drug-likeness (QED) is 0.655. The first-order valence-electron chi connectivity index (χ1n) is 8.85. The number of carboxylic acids is 1. The highest BCUT2D eigenvalue weighted by molar-refractivity contribution is 8.18. The minimum Gasteiger partial charge on any atom is -0.478 e. The molecule has 1 aliphatic rings.